The Bertz CT molecular complexity index is 1600. The number of fused-ring (bicyclic) bond motifs is 1. The summed E-state index contributed by atoms with van der Waals surface area (Å²) in [6.07, 6.45) is 0.561. The van der Waals surface area contributed by atoms with Gasteiger partial charge in [0.2, 0.25) is 0 Å². The van der Waals surface area contributed by atoms with E-state index in [9.17, 15) is 4.79 Å². The zero-order valence-electron chi connectivity index (χ0n) is 24.7. The average Bonchev–Trinajstić information content (AvgIpc) is 2.92. The zero-order chi connectivity index (χ0) is 30.4. The fourth-order valence-corrected chi connectivity index (χ4v) is 4.07. The number of nitrogens with zero attached hydrogens (tertiary/aromatic N) is 3. The summed E-state index contributed by atoms with van der Waals surface area (Å²) in [5.41, 5.74) is 8.95. The fraction of sp³-hybridized carbons (Fsp3) is 0.290. The lowest BCUT2D eigenvalue weighted by molar-refractivity contribution is 0.0636. The molecule has 3 aromatic carbocycles. The van der Waals surface area contributed by atoms with Gasteiger partial charge in [0.05, 0.1) is 18.3 Å². The molecule has 1 heterocycles. The van der Waals surface area contributed by atoms with Crippen molar-refractivity contribution in [3.05, 3.63) is 60.2 Å². The van der Waals surface area contributed by atoms with Crippen LogP contribution in [-0.4, -0.2) is 67.1 Å². The molecule has 0 atom stereocenters. The van der Waals surface area contributed by atoms with E-state index in [4.69, 9.17) is 35.3 Å². The van der Waals surface area contributed by atoms with Crippen molar-refractivity contribution >= 4 is 46.1 Å². The van der Waals surface area contributed by atoms with Gasteiger partial charge in [-0.2, -0.15) is 0 Å². The standard InChI is InChI=1S/C31H37N7O4/c1-31(2,3)42-30(39)36-24-11-10-22(15-20(24)18-32)34-29-23-16-27(41-13-12-38(4)5)26(40-6)17-25(23)35-28(37-29)19-8-7-9-21(33)14-19/h7-11,14-18,32H,12-13,33H2,1-6H3,(H,36,39)(H,34,35,37). The first-order chi connectivity index (χ1) is 20.0. The van der Waals surface area contributed by atoms with Crippen molar-refractivity contribution in [2.24, 2.45) is 0 Å². The highest BCUT2D eigenvalue weighted by Gasteiger charge is 2.18. The number of carbonyl (C=O) groups is 1. The maximum Gasteiger partial charge on any atom is 0.412 e. The molecule has 0 fully saturated rings. The summed E-state index contributed by atoms with van der Waals surface area (Å²) < 4.78 is 17.0. The van der Waals surface area contributed by atoms with Crippen LogP contribution in [0.15, 0.2) is 54.6 Å². The summed E-state index contributed by atoms with van der Waals surface area (Å²) in [5.74, 6) is 2.10. The molecule has 42 heavy (non-hydrogen) atoms. The molecule has 11 heteroatoms. The van der Waals surface area contributed by atoms with E-state index in [0.717, 1.165) is 18.3 Å². The third kappa shape index (κ3) is 7.64. The van der Waals surface area contributed by atoms with Crippen LogP contribution in [0.3, 0.4) is 0 Å². The largest absolute Gasteiger partial charge is 0.493 e. The van der Waals surface area contributed by atoms with E-state index in [1.807, 2.05) is 49.3 Å². The smallest absolute Gasteiger partial charge is 0.412 e. The van der Waals surface area contributed by atoms with Gasteiger partial charge >= 0.3 is 6.09 Å². The number of amides is 1. The number of methoxy groups -OCH3 is 1. The van der Waals surface area contributed by atoms with Crippen LogP contribution in [-0.2, 0) is 4.74 Å². The first kappa shape index (κ1) is 30.1. The lowest BCUT2D eigenvalue weighted by atomic mass is 10.1. The number of rotatable bonds is 10. The Balaban J connectivity index is 1.77. The van der Waals surface area contributed by atoms with Crippen LogP contribution in [0.5, 0.6) is 11.5 Å². The molecule has 4 aromatic rings. The molecular weight excluding hydrogens is 534 g/mol. The average molecular weight is 572 g/mol. The van der Waals surface area contributed by atoms with Crippen LogP contribution in [0.25, 0.3) is 22.3 Å². The molecule has 0 saturated heterocycles. The molecule has 0 aliphatic rings. The van der Waals surface area contributed by atoms with Crippen molar-refractivity contribution in [3.8, 4) is 22.9 Å². The molecule has 0 radical (unpaired) electrons. The highest BCUT2D eigenvalue weighted by molar-refractivity contribution is 5.97. The highest BCUT2D eigenvalue weighted by Crippen LogP contribution is 2.37. The van der Waals surface area contributed by atoms with Gasteiger partial charge < -0.3 is 35.6 Å². The topological polar surface area (TPSA) is 148 Å². The van der Waals surface area contributed by atoms with Crippen LogP contribution in [0, 0.1) is 5.41 Å². The molecule has 0 aliphatic carbocycles. The molecule has 220 valence electrons. The molecule has 11 nitrogen and oxygen atoms in total. The van der Waals surface area contributed by atoms with Gasteiger partial charge in [-0.25, -0.2) is 14.8 Å². The number of likely N-dealkylation sites (N-methyl/N-ethyl adjacent to an activating group) is 1. The normalized spacial score (nSPS) is 11.3. The Morgan fingerprint density at radius 3 is 2.52 bits per heavy atom. The second kappa shape index (κ2) is 12.7. The van der Waals surface area contributed by atoms with Crippen molar-refractivity contribution in [3.63, 3.8) is 0 Å². The fourth-order valence-electron chi connectivity index (χ4n) is 4.07. The minimum Gasteiger partial charge on any atom is -0.493 e. The first-order valence-corrected chi connectivity index (χ1v) is 13.4. The van der Waals surface area contributed by atoms with Crippen LogP contribution >= 0.6 is 0 Å². The van der Waals surface area contributed by atoms with Gasteiger partial charge in [-0.05, 0) is 71.3 Å². The molecule has 5 N–H and O–H groups in total. The maximum atomic E-state index is 12.3. The third-order valence-corrected chi connectivity index (χ3v) is 6.03. The van der Waals surface area contributed by atoms with Gasteiger partial charge in [0.1, 0.15) is 18.0 Å². The minimum absolute atomic E-state index is 0.444. The van der Waals surface area contributed by atoms with Gasteiger partial charge in [0, 0.05) is 46.7 Å². The second-order valence-electron chi connectivity index (χ2n) is 10.9. The Morgan fingerprint density at radius 1 is 1.07 bits per heavy atom. The monoisotopic (exact) mass is 571 g/mol. The first-order valence-electron chi connectivity index (χ1n) is 13.4. The molecule has 0 saturated carbocycles. The number of ether oxygens (including phenoxy) is 3. The van der Waals surface area contributed by atoms with E-state index >= 15 is 0 Å². The van der Waals surface area contributed by atoms with E-state index in [1.165, 1.54) is 0 Å². The molecule has 0 spiro atoms. The minimum atomic E-state index is -0.649. The number of hydrogen-bond donors (Lipinski definition) is 4. The van der Waals surface area contributed by atoms with Crippen molar-refractivity contribution in [1.82, 2.24) is 14.9 Å². The van der Waals surface area contributed by atoms with Crippen LogP contribution in [0.2, 0.25) is 0 Å². The Labute approximate surface area is 245 Å². The Kier molecular flexibility index (Phi) is 9.12. The maximum absolute atomic E-state index is 12.3. The van der Waals surface area contributed by atoms with Crippen molar-refractivity contribution < 1.29 is 19.0 Å². The Hall–Kier alpha value is -4.90. The highest BCUT2D eigenvalue weighted by atomic mass is 16.6. The van der Waals surface area contributed by atoms with Crippen LogP contribution in [0.4, 0.5) is 27.7 Å². The summed E-state index contributed by atoms with van der Waals surface area (Å²) in [7, 11) is 5.54. The summed E-state index contributed by atoms with van der Waals surface area (Å²) in [6.45, 7) is 6.56. The SMILES string of the molecule is COc1cc2nc(-c3cccc(N)c3)nc(Nc3ccc(NC(=O)OC(C)(C)C)c(C=N)c3)c2cc1OCCN(C)C. The lowest BCUT2D eigenvalue weighted by Gasteiger charge is -2.20. The van der Waals surface area contributed by atoms with E-state index in [1.54, 1.807) is 52.1 Å². The van der Waals surface area contributed by atoms with Crippen molar-refractivity contribution in [1.29, 1.82) is 5.41 Å². The summed E-state index contributed by atoms with van der Waals surface area (Å²) in [4.78, 5) is 24.0. The summed E-state index contributed by atoms with van der Waals surface area (Å²) in [5, 5.41) is 14.7. The number of carbonyl (C=O) groups excluding carboxylic acids is 1. The van der Waals surface area contributed by atoms with E-state index < -0.39 is 11.7 Å². The molecule has 0 bridgehead atoms. The third-order valence-electron chi connectivity index (χ3n) is 6.03. The lowest BCUT2D eigenvalue weighted by Crippen LogP contribution is -2.27. The van der Waals surface area contributed by atoms with Gasteiger partial charge in [-0.15, -0.1) is 0 Å². The summed E-state index contributed by atoms with van der Waals surface area (Å²) in [6, 6.07) is 16.2. The number of hydrogen-bond acceptors (Lipinski definition) is 10. The number of aromatic nitrogens is 2. The van der Waals surface area contributed by atoms with E-state index in [2.05, 4.69) is 10.6 Å². The number of benzene rings is 3. The number of anilines is 4. The van der Waals surface area contributed by atoms with Gasteiger partial charge in [0.15, 0.2) is 17.3 Å². The number of nitrogens with two attached hydrogens (primary N) is 1. The van der Waals surface area contributed by atoms with Crippen LogP contribution in [0.1, 0.15) is 26.3 Å². The predicted octanol–water partition coefficient (Wildman–Crippen LogP) is 5.92. The Morgan fingerprint density at radius 2 is 1.86 bits per heavy atom. The van der Waals surface area contributed by atoms with E-state index in [-0.39, 0.29) is 0 Å². The quantitative estimate of drug-likeness (QED) is 0.135. The zero-order valence-corrected chi connectivity index (χ0v) is 24.7. The molecule has 1 amide bonds. The summed E-state index contributed by atoms with van der Waals surface area (Å²) >= 11 is 0. The molecule has 1 aromatic heterocycles. The van der Waals surface area contributed by atoms with Crippen LogP contribution < -0.4 is 25.8 Å². The number of nitrogen functional groups attached to an aromatic ring is 1. The second-order valence-corrected chi connectivity index (χ2v) is 10.9. The van der Waals surface area contributed by atoms with Crippen molar-refractivity contribution in [2.75, 3.05) is 50.7 Å². The number of nitrogens with one attached hydrogen (secondary N) is 3. The van der Waals surface area contributed by atoms with Gasteiger partial charge in [0.25, 0.3) is 0 Å². The molecular formula is C31H37N7O4. The molecule has 4 rings (SSSR count). The molecule has 0 unspecified atom stereocenters. The van der Waals surface area contributed by atoms with Gasteiger partial charge in [-0.1, -0.05) is 12.1 Å². The van der Waals surface area contributed by atoms with Gasteiger partial charge in [-0.3, -0.25) is 5.32 Å². The van der Waals surface area contributed by atoms with E-state index in [0.29, 0.717) is 63.3 Å². The predicted molar refractivity (Wildman–Crippen MR) is 167 cm³/mol. The van der Waals surface area contributed by atoms with Crippen molar-refractivity contribution in [2.45, 2.75) is 26.4 Å². The molecule has 0 aliphatic heterocycles.